The second kappa shape index (κ2) is 3.49. The van der Waals surface area contributed by atoms with E-state index in [4.69, 9.17) is 9.94 Å². The van der Waals surface area contributed by atoms with Crippen LogP contribution in [-0.2, 0) is 0 Å². The highest BCUT2D eigenvalue weighted by Crippen LogP contribution is 2.25. The number of para-hydroxylation sites is 1. The van der Waals surface area contributed by atoms with Crippen molar-refractivity contribution in [3.8, 4) is 5.75 Å². The number of ketones is 1. The van der Waals surface area contributed by atoms with Gasteiger partial charge in [0.25, 0.3) is 0 Å². The molecule has 0 aromatic heterocycles. The van der Waals surface area contributed by atoms with Gasteiger partial charge in [0, 0.05) is 0 Å². The normalized spacial score (nSPS) is 20.6. The number of carbonyl (C=O) groups excluding carboxylic acids is 1. The Labute approximate surface area is 80.8 Å². The molecule has 14 heavy (non-hydrogen) atoms. The standard InChI is InChI=1S/C10H9NO3/c12-10-7(5-11-13)6-14-9-4-2-1-3-8(9)10/h1-5,7,13H,6H2/b11-5+/t7-/m0/s1. The van der Waals surface area contributed by atoms with Gasteiger partial charge in [0.15, 0.2) is 5.78 Å². The van der Waals surface area contributed by atoms with Crippen LogP contribution in [0, 0.1) is 5.92 Å². The van der Waals surface area contributed by atoms with Crippen LogP contribution in [0.4, 0.5) is 0 Å². The van der Waals surface area contributed by atoms with Crippen molar-refractivity contribution in [2.24, 2.45) is 11.1 Å². The molecule has 0 radical (unpaired) electrons. The lowest BCUT2D eigenvalue weighted by atomic mass is 9.96. The van der Waals surface area contributed by atoms with Gasteiger partial charge in [-0.25, -0.2) is 0 Å². The quantitative estimate of drug-likeness (QED) is 0.414. The largest absolute Gasteiger partial charge is 0.492 e. The van der Waals surface area contributed by atoms with E-state index in [1.807, 2.05) is 6.07 Å². The van der Waals surface area contributed by atoms with Gasteiger partial charge < -0.3 is 9.94 Å². The molecule has 72 valence electrons. The SMILES string of the molecule is O=C1c2ccccc2OC[C@@H]1/C=N/O. The number of nitrogens with zero attached hydrogens (tertiary/aromatic N) is 1. The molecule has 0 aliphatic carbocycles. The summed E-state index contributed by atoms with van der Waals surface area (Å²) in [6, 6.07) is 7.04. The van der Waals surface area contributed by atoms with E-state index >= 15 is 0 Å². The van der Waals surface area contributed by atoms with Crippen LogP contribution in [0.25, 0.3) is 0 Å². The molecule has 0 fully saturated rings. The van der Waals surface area contributed by atoms with Crippen LogP contribution in [0.2, 0.25) is 0 Å². The summed E-state index contributed by atoms with van der Waals surface area (Å²) in [7, 11) is 0. The molecule has 4 heteroatoms. The zero-order valence-corrected chi connectivity index (χ0v) is 7.38. The van der Waals surface area contributed by atoms with Crippen molar-refractivity contribution in [1.29, 1.82) is 0 Å². The first-order valence-electron chi connectivity index (χ1n) is 4.26. The Morgan fingerprint density at radius 3 is 3.07 bits per heavy atom. The van der Waals surface area contributed by atoms with Gasteiger partial charge in [-0.15, -0.1) is 5.16 Å². The number of Topliss-reactive ketones (excluding diaryl/α,β-unsaturated/α-hetero) is 1. The van der Waals surface area contributed by atoms with E-state index in [9.17, 15) is 4.79 Å². The fraction of sp³-hybridized carbons (Fsp3) is 0.200. The molecule has 1 aromatic carbocycles. The third-order valence-electron chi connectivity index (χ3n) is 2.15. The van der Waals surface area contributed by atoms with E-state index in [1.165, 1.54) is 6.21 Å². The molecule has 0 amide bonds. The van der Waals surface area contributed by atoms with Gasteiger partial charge >= 0.3 is 0 Å². The summed E-state index contributed by atoms with van der Waals surface area (Å²) in [5, 5.41) is 11.2. The van der Waals surface area contributed by atoms with Crippen molar-refractivity contribution in [2.45, 2.75) is 0 Å². The monoisotopic (exact) mass is 191 g/mol. The first kappa shape index (κ1) is 8.74. The minimum absolute atomic E-state index is 0.0651. The number of carbonyl (C=O) groups is 1. The minimum Gasteiger partial charge on any atom is -0.492 e. The maximum atomic E-state index is 11.7. The first-order valence-corrected chi connectivity index (χ1v) is 4.26. The fourth-order valence-electron chi connectivity index (χ4n) is 1.44. The molecule has 0 bridgehead atoms. The number of benzene rings is 1. The van der Waals surface area contributed by atoms with Crippen LogP contribution in [0.15, 0.2) is 29.4 Å². The Morgan fingerprint density at radius 1 is 1.50 bits per heavy atom. The second-order valence-electron chi connectivity index (χ2n) is 3.04. The van der Waals surface area contributed by atoms with E-state index < -0.39 is 5.92 Å². The van der Waals surface area contributed by atoms with Gasteiger partial charge in [-0.1, -0.05) is 12.1 Å². The summed E-state index contributed by atoms with van der Waals surface area (Å²) in [6.45, 7) is 0.236. The molecule has 1 aliphatic heterocycles. The molecule has 4 nitrogen and oxygen atoms in total. The van der Waals surface area contributed by atoms with E-state index in [0.717, 1.165) is 0 Å². The third-order valence-corrected chi connectivity index (χ3v) is 2.15. The summed E-state index contributed by atoms with van der Waals surface area (Å²) >= 11 is 0. The smallest absolute Gasteiger partial charge is 0.178 e. The lowest BCUT2D eigenvalue weighted by Crippen LogP contribution is -2.28. The van der Waals surface area contributed by atoms with Crippen LogP contribution in [-0.4, -0.2) is 23.8 Å². The van der Waals surface area contributed by atoms with Crippen molar-refractivity contribution in [2.75, 3.05) is 6.61 Å². The summed E-state index contributed by atoms with van der Waals surface area (Å²) in [5.41, 5.74) is 0.545. The van der Waals surface area contributed by atoms with Crippen LogP contribution >= 0.6 is 0 Å². The molecule has 1 atom stereocenters. The van der Waals surface area contributed by atoms with Crippen molar-refractivity contribution in [3.05, 3.63) is 29.8 Å². The summed E-state index contributed by atoms with van der Waals surface area (Å²) in [6.07, 6.45) is 1.19. The average Bonchev–Trinajstić information content (AvgIpc) is 2.23. The topological polar surface area (TPSA) is 58.9 Å². The van der Waals surface area contributed by atoms with Gasteiger partial charge in [-0.2, -0.15) is 0 Å². The van der Waals surface area contributed by atoms with Crippen molar-refractivity contribution >= 4 is 12.0 Å². The van der Waals surface area contributed by atoms with E-state index in [2.05, 4.69) is 5.16 Å². The van der Waals surface area contributed by atoms with Gasteiger partial charge in [0.1, 0.15) is 12.4 Å². The predicted molar refractivity (Wildman–Crippen MR) is 50.0 cm³/mol. The van der Waals surface area contributed by atoms with Crippen LogP contribution in [0.3, 0.4) is 0 Å². The minimum atomic E-state index is -0.477. The molecule has 0 saturated heterocycles. The summed E-state index contributed by atoms with van der Waals surface area (Å²) in [5.74, 6) is 0.0552. The zero-order valence-electron chi connectivity index (χ0n) is 7.38. The summed E-state index contributed by atoms with van der Waals surface area (Å²) < 4.78 is 5.34. The van der Waals surface area contributed by atoms with Gasteiger partial charge in [-0.3, -0.25) is 4.79 Å². The number of fused-ring (bicyclic) bond motifs is 1. The molecular weight excluding hydrogens is 182 g/mol. The van der Waals surface area contributed by atoms with E-state index in [-0.39, 0.29) is 12.4 Å². The third kappa shape index (κ3) is 1.35. The van der Waals surface area contributed by atoms with Gasteiger partial charge in [0.2, 0.25) is 0 Å². The molecule has 1 aliphatic rings. The maximum absolute atomic E-state index is 11.7. The number of hydrogen-bond acceptors (Lipinski definition) is 4. The lowest BCUT2D eigenvalue weighted by molar-refractivity contribution is 0.0889. The molecule has 0 spiro atoms. The Hall–Kier alpha value is -1.84. The second-order valence-corrected chi connectivity index (χ2v) is 3.04. The van der Waals surface area contributed by atoms with E-state index in [1.54, 1.807) is 18.2 Å². The molecule has 2 rings (SSSR count). The average molecular weight is 191 g/mol. The fourth-order valence-corrected chi connectivity index (χ4v) is 1.44. The Bertz CT molecular complexity index is 387. The van der Waals surface area contributed by atoms with Crippen molar-refractivity contribution in [3.63, 3.8) is 0 Å². The van der Waals surface area contributed by atoms with Crippen molar-refractivity contribution < 1.29 is 14.7 Å². The Balaban J connectivity index is 2.36. The highest BCUT2D eigenvalue weighted by Gasteiger charge is 2.27. The zero-order chi connectivity index (χ0) is 9.97. The van der Waals surface area contributed by atoms with Gasteiger partial charge in [0.05, 0.1) is 17.7 Å². The first-order chi connectivity index (χ1) is 6.83. The number of oxime groups is 1. The maximum Gasteiger partial charge on any atom is 0.178 e. The van der Waals surface area contributed by atoms with Gasteiger partial charge in [-0.05, 0) is 12.1 Å². The molecule has 1 N–H and O–H groups in total. The highest BCUT2D eigenvalue weighted by atomic mass is 16.5. The molecule has 0 saturated carbocycles. The Kier molecular flexibility index (Phi) is 2.18. The molecule has 1 heterocycles. The summed E-state index contributed by atoms with van der Waals surface area (Å²) in [4.78, 5) is 11.7. The highest BCUT2D eigenvalue weighted by molar-refractivity contribution is 6.08. The van der Waals surface area contributed by atoms with E-state index in [0.29, 0.717) is 11.3 Å². The molecule has 0 unspecified atom stereocenters. The number of hydrogen-bond donors (Lipinski definition) is 1. The molecular formula is C10H9NO3. The van der Waals surface area contributed by atoms with Crippen molar-refractivity contribution in [1.82, 2.24) is 0 Å². The number of rotatable bonds is 1. The molecule has 1 aromatic rings. The lowest BCUT2D eigenvalue weighted by Gasteiger charge is -2.20. The Morgan fingerprint density at radius 2 is 2.29 bits per heavy atom. The predicted octanol–water partition coefficient (Wildman–Crippen LogP) is 1.34. The van der Waals surface area contributed by atoms with Crippen LogP contribution in [0.5, 0.6) is 5.75 Å². The number of ether oxygens (including phenoxy) is 1. The van der Waals surface area contributed by atoms with Crippen LogP contribution < -0.4 is 4.74 Å². The van der Waals surface area contributed by atoms with Crippen LogP contribution in [0.1, 0.15) is 10.4 Å².